The zero-order valence-corrected chi connectivity index (χ0v) is 16.5. The molecule has 0 bridgehead atoms. The lowest BCUT2D eigenvalue weighted by molar-refractivity contribution is -0.142. The first-order valence-corrected chi connectivity index (χ1v) is 9.29. The van der Waals surface area contributed by atoms with Crippen LogP contribution in [0.5, 0.6) is 5.88 Å². The van der Waals surface area contributed by atoms with Crippen molar-refractivity contribution in [3.8, 4) is 17.6 Å². The zero-order chi connectivity index (χ0) is 21.6. The van der Waals surface area contributed by atoms with E-state index in [1.54, 1.807) is 24.3 Å². The van der Waals surface area contributed by atoms with E-state index in [1.165, 1.54) is 24.3 Å². The molecule has 1 unspecified atom stereocenters. The molecule has 1 aromatic heterocycles. The predicted octanol–water partition coefficient (Wildman–Crippen LogP) is 5.01. The number of nitrogens with two attached hydrogens (primary N) is 1. The first kappa shape index (κ1) is 20.0. The highest BCUT2D eigenvalue weighted by atomic mass is 79.9. The minimum atomic E-state index is -4.89. The van der Waals surface area contributed by atoms with Gasteiger partial charge in [0.1, 0.15) is 17.5 Å². The van der Waals surface area contributed by atoms with E-state index < -0.39 is 35.1 Å². The molecule has 3 aromatic rings. The molecule has 1 aliphatic heterocycles. The number of hydrogen-bond acceptors (Lipinski definition) is 4. The summed E-state index contributed by atoms with van der Waals surface area (Å²) in [6.07, 6.45) is -4.89. The Balaban J connectivity index is 2.08. The SMILES string of the molecule is N#CC1=C(N)Oc2c(c(C(F)(F)F)nn2-c2ccccc2)C1c1cc(Br)ccc1F. The smallest absolute Gasteiger partial charge is 0.422 e. The van der Waals surface area contributed by atoms with Crippen LogP contribution in [-0.4, -0.2) is 9.78 Å². The van der Waals surface area contributed by atoms with Crippen molar-refractivity contribution in [2.75, 3.05) is 0 Å². The van der Waals surface area contributed by atoms with Crippen LogP contribution in [0.1, 0.15) is 22.7 Å². The average molecular weight is 479 g/mol. The van der Waals surface area contributed by atoms with Gasteiger partial charge in [-0.1, -0.05) is 34.1 Å². The van der Waals surface area contributed by atoms with Gasteiger partial charge in [0, 0.05) is 10.0 Å². The van der Waals surface area contributed by atoms with Crippen molar-refractivity contribution in [2.45, 2.75) is 12.1 Å². The lowest BCUT2D eigenvalue weighted by atomic mass is 9.83. The third-order valence-electron chi connectivity index (χ3n) is 4.59. The van der Waals surface area contributed by atoms with E-state index in [-0.39, 0.29) is 22.7 Å². The quantitative estimate of drug-likeness (QED) is 0.525. The largest absolute Gasteiger partial charge is 0.435 e. The number of alkyl halides is 3. The normalized spacial score (nSPS) is 16.1. The molecule has 1 atom stereocenters. The first-order chi connectivity index (χ1) is 14.2. The molecule has 0 aliphatic carbocycles. The molecule has 0 saturated heterocycles. The van der Waals surface area contributed by atoms with Crippen LogP contribution < -0.4 is 10.5 Å². The van der Waals surface area contributed by atoms with Gasteiger partial charge >= 0.3 is 6.18 Å². The summed E-state index contributed by atoms with van der Waals surface area (Å²) in [4.78, 5) is 0. The molecule has 0 radical (unpaired) electrons. The number of allylic oxidation sites excluding steroid dienone is 1. The fraction of sp³-hybridized carbons (Fsp3) is 0.100. The number of benzene rings is 2. The summed E-state index contributed by atoms with van der Waals surface area (Å²) in [5, 5.41) is 13.3. The molecular weight excluding hydrogens is 468 g/mol. The highest BCUT2D eigenvalue weighted by Crippen LogP contribution is 2.49. The maximum atomic E-state index is 14.7. The molecule has 2 aromatic carbocycles. The van der Waals surface area contributed by atoms with Crippen molar-refractivity contribution < 1.29 is 22.3 Å². The fourth-order valence-corrected chi connectivity index (χ4v) is 3.72. The second kappa shape index (κ2) is 7.18. The van der Waals surface area contributed by atoms with E-state index in [4.69, 9.17) is 10.5 Å². The Kier molecular flexibility index (Phi) is 4.78. The average Bonchev–Trinajstić information content (AvgIpc) is 3.09. The van der Waals surface area contributed by atoms with Crippen molar-refractivity contribution in [3.05, 3.63) is 87.1 Å². The number of nitrogens with zero attached hydrogens (tertiary/aromatic N) is 3. The Bertz CT molecular complexity index is 1210. The number of hydrogen-bond donors (Lipinski definition) is 1. The van der Waals surface area contributed by atoms with Crippen molar-refractivity contribution in [3.63, 3.8) is 0 Å². The van der Waals surface area contributed by atoms with Gasteiger partial charge < -0.3 is 10.5 Å². The molecule has 1 aliphatic rings. The predicted molar refractivity (Wildman–Crippen MR) is 102 cm³/mol. The highest BCUT2D eigenvalue weighted by molar-refractivity contribution is 9.10. The number of ether oxygens (including phenoxy) is 1. The van der Waals surface area contributed by atoms with Crippen LogP contribution in [0.25, 0.3) is 5.69 Å². The molecule has 10 heteroatoms. The monoisotopic (exact) mass is 478 g/mol. The Morgan fingerprint density at radius 3 is 2.50 bits per heavy atom. The van der Waals surface area contributed by atoms with E-state index >= 15 is 0 Å². The number of halogens is 5. The molecule has 0 fully saturated rings. The third-order valence-corrected chi connectivity index (χ3v) is 5.08. The third kappa shape index (κ3) is 3.21. The number of aromatic nitrogens is 2. The molecule has 0 amide bonds. The van der Waals surface area contributed by atoms with Crippen LogP contribution in [0.15, 0.2) is 64.5 Å². The number of fused-ring (bicyclic) bond motifs is 1. The summed E-state index contributed by atoms with van der Waals surface area (Å²) >= 11 is 3.19. The molecule has 2 heterocycles. The van der Waals surface area contributed by atoms with Crippen molar-refractivity contribution in [1.29, 1.82) is 5.26 Å². The Morgan fingerprint density at radius 2 is 1.87 bits per heavy atom. The number of nitriles is 1. The van der Waals surface area contributed by atoms with Crippen LogP contribution in [0.2, 0.25) is 0 Å². The van der Waals surface area contributed by atoms with Crippen molar-refractivity contribution >= 4 is 15.9 Å². The maximum absolute atomic E-state index is 14.7. The molecule has 152 valence electrons. The fourth-order valence-electron chi connectivity index (χ4n) is 3.34. The molecular formula is C20H11BrF4N4O. The second-order valence-corrected chi connectivity index (χ2v) is 7.32. The van der Waals surface area contributed by atoms with Crippen LogP contribution in [0.4, 0.5) is 17.6 Å². The van der Waals surface area contributed by atoms with Gasteiger partial charge in [0.2, 0.25) is 11.8 Å². The van der Waals surface area contributed by atoms with Gasteiger partial charge in [-0.3, -0.25) is 0 Å². The van der Waals surface area contributed by atoms with Crippen molar-refractivity contribution in [2.24, 2.45) is 5.73 Å². The highest BCUT2D eigenvalue weighted by Gasteiger charge is 2.47. The summed E-state index contributed by atoms with van der Waals surface area (Å²) in [7, 11) is 0. The minimum Gasteiger partial charge on any atom is -0.422 e. The summed E-state index contributed by atoms with van der Waals surface area (Å²) in [5.41, 5.74) is 3.89. The van der Waals surface area contributed by atoms with E-state index in [9.17, 15) is 22.8 Å². The Morgan fingerprint density at radius 1 is 1.17 bits per heavy atom. The standard InChI is InChI=1S/C20H11BrF4N4O/c21-10-6-7-14(22)12(8-10)15-13(9-26)18(27)30-19-16(15)17(20(23,24)25)28-29(19)11-4-2-1-3-5-11/h1-8,15H,27H2. The van der Waals surface area contributed by atoms with Gasteiger partial charge in [-0.2, -0.15) is 28.2 Å². The molecule has 2 N–H and O–H groups in total. The van der Waals surface area contributed by atoms with Gasteiger partial charge in [-0.05, 0) is 30.3 Å². The van der Waals surface area contributed by atoms with E-state index in [0.29, 0.717) is 4.47 Å². The van der Waals surface area contributed by atoms with Gasteiger partial charge in [0.15, 0.2) is 5.69 Å². The molecule has 0 saturated carbocycles. The minimum absolute atomic E-state index is 0.161. The van der Waals surface area contributed by atoms with Gasteiger partial charge in [0.05, 0.1) is 17.2 Å². The van der Waals surface area contributed by atoms with Gasteiger partial charge in [-0.15, -0.1) is 0 Å². The molecule has 0 spiro atoms. The van der Waals surface area contributed by atoms with E-state index in [0.717, 1.165) is 10.7 Å². The van der Waals surface area contributed by atoms with Crippen LogP contribution in [0, 0.1) is 17.1 Å². The van der Waals surface area contributed by atoms with Crippen LogP contribution >= 0.6 is 15.9 Å². The topological polar surface area (TPSA) is 76.9 Å². The lowest BCUT2D eigenvalue weighted by Gasteiger charge is -2.25. The van der Waals surface area contributed by atoms with E-state index in [1.807, 2.05) is 0 Å². The molecule has 5 nitrogen and oxygen atoms in total. The van der Waals surface area contributed by atoms with Gasteiger partial charge in [0.25, 0.3) is 0 Å². The zero-order valence-electron chi connectivity index (χ0n) is 14.9. The lowest BCUT2D eigenvalue weighted by Crippen LogP contribution is -2.24. The summed E-state index contributed by atoms with van der Waals surface area (Å²) in [6, 6.07) is 13.5. The summed E-state index contributed by atoms with van der Waals surface area (Å²) < 4.78 is 63.3. The second-order valence-electron chi connectivity index (χ2n) is 6.40. The maximum Gasteiger partial charge on any atom is 0.435 e. The molecule has 30 heavy (non-hydrogen) atoms. The summed E-state index contributed by atoms with van der Waals surface area (Å²) in [5.74, 6) is -2.99. The number of rotatable bonds is 2. The van der Waals surface area contributed by atoms with Gasteiger partial charge in [-0.25, -0.2) is 4.39 Å². The van der Waals surface area contributed by atoms with Crippen molar-refractivity contribution in [1.82, 2.24) is 9.78 Å². The Labute approximate surface area is 176 Å². The summed E-state index contributed by atoms with van der Waals surface area (Å²) in [6.45, 7) is 0. The Hall–Kier alpha value is -3.32. The van der Waals surface area contributed by atoms with Crippen LogP contribution in [0.3, 0.4) is 0 Å². The van der Waals surface area contributed by atoms with Crippen LogP contribution in [-0.2, 0) is 6.18 Å². The first-order valence-electron chi connectivity index (χ1n) is 8.50. The number of para-hydroxylation sites is 1. The van der Waals surface area contributed by atoms with E-state index in [2.05, 4.69) is 21.0 Å². The molecule has 4 rings (SSSR count).